The van der Waals surface area contributed by atoms with Gasteiger partial charge in [0.2, 0.25) is 0 Å². The number of carboxylic acid groups (broad SMARTS) is 1. The lowest BCUT2D eigenvalue weighted by Gasteiger charge is -2.38. The molecule has 1 aliphatic heterocycles. The minimum absolute atomic E-state index is 0.310. The van der Waals surface area contributed by atoms with Crippen LogP contribution in [0.4, 0.5) is 0 Å². The highest BCUT2D eigenvalue weighted by molar-refractivity contribution is 5.67. The van der Waals surface area contributed by atoms with Crippen LogP contribution in [0.1, 0.15) is 17.5 Å². The minimum atomic E-state index is -0.681. The third-order valence-corrected chi connectivity index (χ3v) is 3.02. The predicted molar refractivity (Wildman–Crippen MR) is 62.2 cm³/mol. The van der Waals surface area contributed by atoms with Crippen LogP contribution in [0.2, 0.25) is 0 Å². The Kier molecular flexibility index (Phi) is 3.25. The van der Waals surface area contributed by atoms with Crippen LogP contribution in [0.15, 0.2) is 24.3 Å². The second kappa shape index (κ2) is 4.66. The summed E-state index contributed by atoms with van der Waals surface area (Å²) in [5, 5.41) is 8.64. The van der Waals surface area contributed by atoms with E-state index in [0.29, 0.717) is 12.3 Å². The highest BCUT2D eigenvalue weighted by atomic mass is 16.4. The molecule has 1 aromatic rings. The van der Waals surface area contributed by atoms with E-state index >= 15 is 0 Å². The van der Waals surface area contributed by atoms with Crippen LogP contribution in [0, 0.1) is 12.8 Å². The van der Waals surface area contributed by atoms with Gasteiger partial charge in [-0.05, 0) is 18.4 Å². The Morgan fingerprint density at radius 1 is 1.38 bits per heavy atom. The monoisotopic (exact) mass is 219 g/mol. The van der Waals surface area contributed by atoms with Gasteiger partial charge in [0.05, 0.1) is 6.42 Å². The van der Waals surface area contributed by atoms with Gasteiger partial charge in [0, 0.05) is 19.6 Å². The van der Waals surface area contributed by atoms with E-state index in [1.54, 1.807) is 0 Å². The molecule has 1 fully saturated rings. The Labute approximate surface area is 95.7 Å². The van der Waals surface area contributed by atoms with Crippen molar-refractivity contribution in [2.24, 2.45) is 5.92 Å². The average molecular weight is 219 g/mol. The molecule has 0 radical (unpaired) electrons. The van der Waals surface area contributed by atoms with Crippen molar-refractivity contribution in [1.29, 1.82) is 0 Å². The summed E-state index contributed by atoms with van der Waals surface area (Å²) < 4.78 is 0. The van der Waals surface area contributed by atoms with E-state index in [1.807, 2.05) is 0 Å². The maximum Gasteiger partial charge on any atom is 0.303 e. The van der Waals surface area contributed by atoms with Crippen LogP contribution >= 0.6 is 0 Å². The van der Waals surface area contributed by atoms with Crippen molar-refractivity contribution in [2.45, 2.75) is 19.9 Å². The van der Waals surface area contributed by atoms with Crippen molar-refractivity contribution in [2.75, 3.05) is 13.1 Å². The molecule has 0 atom stereocenters. The van der Waals surface area contributed by atoms with Gasteiger partial charge >= 0.3 is 5.97 Å². The molecule has 1 aromatic carbocycles. The standard InChI is InChI=1S/C13H17NO2/c1-10-2-4-11(5-3-10)7-14-8-12(9-14)6-13(15)16/h2-5,12H,6-9H2,1H3,(H,15,16). The summed E-state index contributed by atoms with van der Waals surface area (Å²) in [6.45, 7) is 4.85. The van der Waals surface area contributed by atoms with Crippen LogP contribution in [-0.4, -0.2) is 29.1 Å². The summed E-state index contributed by atoms with van der Waals surface area (Å²) in [4.78, 5) is 12.8. The zero-order valence-electron chi connectivity index (χ0n) is 9.52. The number of rotatable bonds is 4. The van der Waals surface area contributed by atoms with Crippen LogP contribution in [-0.2, 0) is 11.3 Å². The summed E-state index contributed by atoms with van der Waals surface area (Å²) >= 11 is 0. The number of aliphatic carboxylic acids is 1. The molecule has 3 nitrogen and oxygen atoms in total. The van der Waals surface area contributed by atoms with Crippen molar-refractivity contribution >= 4 is 5.97 Å². The molecule has 0 aliphatic carbocycles. The fraction of sp³-hybridized carbons (Fsp3) is 0.462. The SMILES string of the molecule is Cc1ccc(CN2CC(CC(=O)O)C2)cc1. The van der Waals surface area contributed by atoms with Crippen LogP contribution in [0.25, 0.3) is 0 Å². The Bertz CT molecular complexity index is 366. The molecule has 0 unspecified atom stereocenters. The quantitative estimate of drug-likeness (QED) is 0.840. The molecule has 0 amide bonds. The molecule has 16 heavy (non-hydrogen) atoms. The van der Waals surface area contributed by atoms with Gasteiger partial charge in [0.1, 0.15) is 0 Å². The van der Waals surface area contributed by atoms with Crippen molar-refractivity contribution in [3.63, 3.8) is 0 Å². The van der Waals surface area contributed by atoms with Crippen LogP contribution < -0.4 is 0 Å². The zero-order valence-corrected chi connectivity index (χ0v) is 9.52. The normalized spacial score (nSPS) is 17.1. The van der Waals surface area contributed by atoms with Crippen molar-refractivity contribution in [3.05, 3.63) is 35.4 Å². The van der Waals surface area contributed by atoms with Crippen LogP contribution in [0.5, 0.6) is 0 Å². The maximum atomic E-state index is 10.5. The van der Waals surface area contributed by atoms with E-state index < -0.39 is 5.97 Å². The maximum absolute atomic E-state index is 10.5. The van der Waals surface area contributed by atoms with E-state index in [1.165, 1.54) is 11.1 Å². The molecule has 0 bridgehead atoms. The second-order valence-electron chi connectivity index (χ2n) is 4.64. The fourth-order valence-electron chi connectivity index (χ4n) is 2.13. The summed E-state index contributed by atoms with van der Waals surface area (Å²) in [5.41, 5.74) is 2.58. The lowest BCUT2D eigenvalue weighted by atomic mass is 9.96. The first kappa shape index (κ1) is 11.1. The van der Waals surface area contributed by atoms with E-state index in [0.717, 1.165) is 19.6 Å². The van der Waals surface area contributed by atoms with Gasteiger partial charge in [-0.3, -0.25) is 9.69 Å². The number of carbonyl (C=O) groups is 1. The Morgan fingerprint density at radius 3 is 2.56 bits per heavy atom. The molecule has 0 saturated carbocycles. The number of carboxylic acids is 1. The van der Waals surface area contributed by atoms with Crippen LogP contribution in [0.3, 0.4) is 0 Å². The number of aryl methyl sites for hydroxylation is 1. The third kappa shape index (κ3) is 2.83. The fourth-order valence-corrected chi connectivity index (χ4v) is 2.13. The Balaban J connectivity index is 1.77. The molecule has 1 N–H and O–H groups in total. The second-order valence-corrected chi connectivity index (χ2v) is 4.64. The topological polar surface area (TPSA) is 40.5 Å². The molecular weight excluding hydrogens is 202 g/mol. The van der Waals surface area contributed by atoms with Gasteiger partial charge in [0.25, 0.3) is 0 Å². The van der Waals surface area contributed by atoms with E-state index in [4.69, 9.17) is 5.11 Å². The summed E-state index contributed by atoms with van der Waals surface area (Å²) in [5.74, 6) is -0.331. The van der Waals surface area contributed by atoms with E-state index in [9.17, 15) is 4.79 Å². The van der Waals surface area contributed by atoms with Crippen molar-refractivity contribution < 1.29 is 9.90 Å². The number of benzene rings is 1. The van der Waals surface area contributed by atoms with Gasteiger partial charge < -0.3 is 5.11 Å². The highest BCUT2D eigenvalue weighted by Gasteiger charge is 2.28. The van der Waals surface area contributed by atoms with Gasteiger partial charge in [-0.25, -0.2) is 0 Å². The molecule has 3 heteroatoms. The zero-order chi connectivity index (χ0) is 11.5. The molecule has 1 saturated heterocycles. The van der Waals surface area contributed by atoms with Gasteiger partial charge in [-0.2, -0.15) is 0 Å². The Morgan fingerprint density at radius 2 is 2.00 bits per heavy atom. The number of hydrogen-bond donors (Lipinski definition) is 1. The van der Waals surface area contributed by atoms with Gasteiger partial charge in [-0.15, -0.1) is 0 Å². The average Bonchev–Trinajstić information content (AvgIpc) is 2.17. The highest BCUT2D eigenvalue weighted by Crippen LogP contribution is 2.21. The molecule has 0 spiro atoms. The molecule has 86 valence electrons. The van der Waals surface area contributed by atoms with Gasteiger partial charge in [0.15, 0.2) is 0 Å². The first-order valence-corrected chi connectivity index (χ1v) is 5.63. The first-order valence-electron chi connectivity index (χ1n) is 5.63. The van der Waals surface area contributed by atoms with Gasteiger partial charge in [-0.1, -0.05) is 29.8 Å². The Hall–Kier alpha value is -1.35. The third-order valence-electron chi connectivity index (χ3n) is 3.02. The predicted octanol–water partition coefficient (Wildman–Crippen LogP) is 1.90. The van der Waals surface area contributed by atoms with Crippen molar-refractivity contribution in [1.82, 2.24) is 4.90 Å². The summed E-state index contributed by atoms with van der Waals surface area (Å²) in [6.07, 6.45) is 0.310. The minimum Gasteiger partial charge on any atom is -0.481 e. The summed E-state index contributed by atoms with van der Waals surface area (Å²) in [6, 6.07) is 8.51. The molecule has 1 aliphatic rings. The lowest BCUT2D eigenvalue weighted by molar-refractivity contribution is -0.139. The largest absolute Gasteiger partial charge is 0.481 e. The number of hydrogen-bond acceptors (Lipinski definition) is 2. The number of nitrogens with zero attached hydrogens (tertiary/aromatic N) is 1. The molecule has 2 rings (SSSR count). The molecule has 1 heterocycles. The van der Waals surface area contributed by atoms with Crippen molar-refractivity contribution in [3.8, 4) is 0 Å². The van der Waals surface area contributed by atoms with E-state index in [2.05, 4.69) is 36.1 Å². The summed E-state index contributed by atoms with van der Waals surface area (Å²) in [7, 11) is 0. The molecule has 0 aromatic heterocycles. The first-order chi connectivity index (χ1) is 7.63. The smallest absolute Gasteiger partial charge is 0.303 e. The number of likely N-dealkylation sites (tertiary alicyclic amines) is 1. The lowest BCUT2D eigenvalue weighted by Crippen LogP contribution is -2.46. The molecular formula is C13H17NO2. The van der Waals surface area contributed by atoms with E-state index in [-0.39, 0.29) is 0 Å².